The van der Waals surface area contributed by atoms with E-state index in [1.54, 1.807) is 0 Å². The SMILES string of the molecule is Cc1ccc(C(CN)NCCCCO)c(Br)c1. The summed E-state index contributed by atoms with van der Waals surface area (Å²) in [6.45, 7) is 3.77. The second-order valence-corrected chi connectivity index (χ2v) is 5.05. The molecule has 96 valence electrons. The number of unbranched alkanes of at least 4 members (excludes halogenated alkanes) is 1. The number of aliphatic hydroxyl groups is 1. The van der Waals surface area contributed by atoms with Crippen molar-refractivity contribution in [1.29, 1.82) is 0 Å². The highest BCUT2D eigenvalue weighted by molar-refractivity contribution is 9.10. The first-order chi connectivity index (χ1) is 8.19. The minimum Gasteiger partial charge on any atom is -0.396 e. The molecule has 1 rings (SSSR count). The van der Waals surface area contributed by atoms with Gasteiger partial charge in [-0.25, -0.2) is 0 Å². The summed E-state index contributed by atoms with van der Waals surface area (Å²) in [5.41, 5.74) is 8.22. The van der Waals surface area contributed by atoms with Gasteiger partial charge in [-0.05, 0) is 43.5 Å². The molecule has 0 aromatic heterocycles. The maximum Gasteiger partial charge on any atom is 0.0455 e. The Kier molecular flexibility index (Phi) is 6.73. The number of aryl methyl sites for hydroxylation is 1. The van der Waals surface area contributed by atoms with Gasteiger partial charge < -0.3 is 16.2 Å². The Labute approximate surface area is 112 Å². The summed E-state index contributed by atoms with van der Waals surface area (Å²) in [5, 5.41) is 12.1. The van der Waals surface area contributed by atoms with E-state index in [1.165, 1.54) is 11.1 Å². The van der Waals surface area contributed by atoms with Crippen LogP contribution in [0.2, 0.25) is 0 Å². The highest BCUT2D eigenvalue weighted by atomic mass is 79.9. The van der Waals surface area contributed by atoms with E-state index in [9.17, 15) is 0 Å². The third-order valence-electron chi connectivity index (χ3n) is 2.74. The Morgan fingerprint density at radius 3 is 2.76 bits per heavy atom. The third kappa shape index (κ3) is 4.76. The van der Waals surface area contributed by atoms with Gasteiger partial charge in [0.05, 0.1) is 0 Å². The van der Waals surface area contributed by atoms with Gasteiger partial charge in [0.15, 0.2) is 0 Å². The van der Waals surface area contributed by atoms with E-state index in [0.29, 0.717) is 6.54 Å². The highest BCUT2D eigenvalue weighted by Crippen LogP contribution is 2.24. The molecule has 1 unspecified atom stereocenters. The number of benzene rings is 1. The van der Waals surface area contributed by atoms with Crippen LogP contribution in [0.1, 0.15) is 30.0 Å². The molecule has 0 spiro atoms. The first kappa shape index (κ1) is 14.6. The Bertz CT molecular complexity index is 344. The fourth-order valence-corrected chi connectivity index (χ4v) is 2.52. The fourth-order valence-electron chi connectivity index (χ4n) is 1.75. The predicted octanol–water partition coefficient (Wildman–Crippen LogP) is 2.12. The zero-order chi connectivity index (χ0) is 12.7. The van der Waals surface area contributed by atoms with E-state index >= 15 is 0 Å². The Balaban J connectivity index is 2.59. The minimum absolute atomic E-state index is 0.170. The maximum atomic E-state index is 8.72. The van der Waals surface area contributed by atoms with Gasteiger partial charge >= 0.3 is 0 Å². The third-order valence-corrected chi connectivity index (χ3v) is 3.43. The topological polar surface area (TPSA) is 58.3 Å². The number of halogens is 1. The van der Waals surface area contributed by atoms with Crippen molar-refractivity contribution in [3.8, 4) is 0 Å². The summed E-state index contributed by atoms with van der Waals surface area (Å²) in [5.74, 6) is 0. The molecule has 1 aromatic carbocycles. The van der Waals surface area contributed by atoms with Crippen LogP contribution in [0.25, 0.3) is 0 Å². The molecule has 0 saturated heterocycles. The molecule has 0 fully saturated rings. The van der Waals surface area contributed by atoms with Crippen LogP contribution in [-0.2, 0) is 0 Å². The van der Waals surface area contributed by atoms with Gasteiger partial charge in [-0.2, -0.15) is 0 Å². The number of hydrogen-bond acceptors (Lipinski definition) is 3. The van der Waals surface area contributed by atoms with E-state index in [4.69, 9.17) is 10.8 Å². The van der Waals surface area contributed by atoms with Crippen molar-refractivity contribution in [3.63, 3.8) is 0 Å². The Morgan fingerprint density at radius 1 is 1.41 bits per heavy atom. The van der Waals surface area contributed by atoms with Crippen molar-refractivity contribution >= 4 is 15.9 Å². The van der Waals surface area contributed by atoms with Crippen molar-refractivity contribution in [3.05, 3.63) is 33.8 Å². The summed E-state index contributed by atoms with van der Waals surface area (Å²) in [6.07, 6.45) is 1.80. The van der Waals surface area contributed by atoms with E-state index in [1.807, 2.05) is 0 Å². The van der Waals surface area contributed by atoms with Crippen LogP contribution < -0.4 is 11.1 Å². The first-order valence-electron chi connectivity index (χ1n) is 5.99. The van der Waals surface area contributed by atoms with Crippen LogP contribution in [0.4, 0.5) is 0 Å². The number of nitrogens with one attached hydrogen (secondary N) is 1. The van der Waals surface area contributed by atoms with E-state index in [-0.39, 0.29) is 12.6 Å². The van der Waals surface area contributed by atoms with Gasteiger partial charge in [0.1, 0.15) is 0 Å². The lowest BCUT2D eigenvalue weighted by molar-refractivity contribution is 0.282. The zero-order valence-electron chi connectivity index (χ0n) is 10.2. The molecule has 0 aliphatic heterocycles. The minimum atomic E-state index is 0.170. The average Bonchev–Trinajstić information content (AvgIpc) is 2.31. The average molecular weight is 301 g/mol. The summed E-state index contributed by atoms with van der Waals surface area (Å²) in [7, 11) is 0. The van der Waals surface area contributed by atoms with Gasteiger partial charge in [-0.15, -0.1) is 0 Å². The monoisotopic (exact) mass is 300 g/mol. The smallest absolute Gasteiger partial charge is 0.0455 e. The first-order valence-corrected chi connectivity index (χ1v) is 6.78. The van der Waals surface area contributed by atoms with Crippen LogP contribution >= 0.6 is 15.9 Å². The molecule has 0 heterocycles. The van der Waals surface area contributed by atoms with Crippen LogP contribution in [0.5, 0.6) is 0 Å². The number of rotatable bonds is 7. The van der Waals surface area contributed by atoms with Crippen molar-refractivity contribution < 1.29 is 5.11 Å². The lowest BCUT2D eigenvalue weighted by Crippen LogP contribution is -2.29. The molecule has 0 saturated carbocycles. The van der Waals surface area contributed by atoms with Crippen molar-refractivity contribution in [2.45, 2.75) is 25.8 Å². The quantitative estimate of drug-likeness (QED) is 0.676. The second kappa shape index (κ2) is 7.82. The lowest BCUT2D eigenvalue weighted by atomic mass is 10.1. The largest absolute Gasteiger partial charge is 0.396 e. The summed E-state index contributed by atoms with van der Waals surface area (Å²) in [6, 6.07) is 6.48. The molecule has 0 radical (unpaired) electrons. The molecule has 0 aliphatic carbocycles. The molecule has 1 aromatic rings. The van der Waals surface area contributed by atoms with Crippen LogP contribution in [-0.4, -0.2) is 24.8 Å². The molecular formula is C13H21BrN2O. The summed E-state index contributed by atoms with van der Waals surface area (Å²) in [4.78, 5) is 0. The second-order valence-electron chi connectivity index (χ2n) is 4.20. The Morgan fingerprint density at radius 2 is 2.18 bits per heavy atom. The standard InChI is InChI=1S/C13H21BrN2O/c1-10-4-5-11(12(14)8-10)13(9-15)16-6-2-3-7-17/h4-5,8,13,16-17H,2-3,6-7,9,15H2,1H3. The molecule has 3 nitrogen and oxygen atoms in total. The van der Waals surface area contributed by atoms with Crippen molar-refractivity contribution in [2.24, 2.45) is 5.73 Å². The van der Waals surface area contributed by atoms with Crippen LogP contribution in [0.15, 0.2) is 22.7 Å². The zero-order valence-corrected chi connectivity index (χ0v) is 11.8. The molecule has 1 atom stereocenters. The van der Waals surface area contributed by atoms with Gasteiger partial charge in [-0.1, -0.05) is 28.1 Å². The van der Waals surface area contributed by atoms with Gasteiger partial charge in [-0.3, -0.25) is 0 Å². The maximum absolute atomic E-state index is 8.72. The normalized spacial score (nSPS) is 12.7. The molecular weight excluding hydrogens is 280 g/mol. The van der Waals surface area contributed by atoms with Gasteiger partial charge in [0, 0.05) is 23.7 Å². The van der Waals surface area contributed by atoms with Crippen molar-refractivity contribution in [2.75, 3.05) is 19.7 Å². The number of aliphatic hydroxyl groups excluding tert-OH is 1. The molecule has 0 bridgehead atoms. The Hall–Kier alpha value is -0.420. The summed E-state index contributed by atoms with van der Waals surface area (Å²) < 4.78 is 1.10. The highest BCUT2D eigenvalue weighted by Gasteiger charge is 2.11. The van der Waals surface area contributed by atoms with E-state index in [0.717, 1.165) is 23.9 Å². The molecule has 17 heavy (non-hydrogen) atoms. The van der Waals surface area contributed by atoms with E-state index < -0.39 is 0 Å². The fraction of sp³-hybridized carbons (Fsp3) is 0.538. The van der Waals surface area contributed by atoms with Crippen LogP contribution in [0.3, 0.4) is 0 Å². The summed E-state index contributed by atoms with van der Waals surface area (Å²) >= 11 is 3.58. The predicted molar refractivity (Wildman–Crippen MR) is 75.0 cm³/mol. The van der Waals surface area contributed by atoms with Gasteiger partial charge in [0.25, 0.3) is 0 Å². The lowest BCUT2D eigenvalue weighted by Gasteiger charge is -2.19. The van der Waals surface area contributed by atoms with E-state index in [2.05, 4.69) is 46.4 Å². The molecule has 0 amide bonds. The van der Waals surface area contributed by atoms with Crippen molar-refractivity contribution in [1.82, 2.24) is 5.32 Å². The molecule has 0 aliphatic rings. The molecule has 4 heteroatoms. The number of hydrogen-bond donors (Lipinski definition) is 3. The van der Waals surface area contributed by atoms with Gasteiger partial charge in [0.2, 0.25) is 0 Å². The number of nitrogens with two attached hydrogens (primary N) is 1. The molecule has 4 N–H and O–H groups in total. The van der Waals surface area contributed by atoms with Crippen LogP contribution in [0, 0.1) is 6.92 Å².